The Morgan fingerprint density at radius 1 is 0.545 bits per heavy atom. The van der Waals surface area contributed by atoms with E-state index in [0.29, 0.717) is 0 Å². The van der Waals surface area contributed by atoms with Crippen LogP contribution >= 0.6 is 0 Å². The summed E-state index contributed by atoms with van der Waals surface area (Å²) in [7, 11) is 0. The molecule has 3 aliphatic rings. The Hall–Kier alpha value is -5.88. The molecule has 2 amide bonds. The zero-order valence-electron chi connectivity index (χ0n) is 36.9. The van der Waals surface area contributed by atoms with E-state index in [-0.39, 0.29) is 57.4 Å². The number of imide groups is 1. The molecule has 4 aromatic rings. The van der Waals surface area contributed by atoms with Gasteiger partial charge in [0, 0.05) is 13.8 Å². The molecule has 2 fully saturated rings. The average Bonchev–Trinajstić information content (AvgIpc) is 3.57. The van der Waals surface area contributed by atoms with Gasteiger partial charge in [0.2, 0.25) is 0 Å². The molecule has 10 atom stereocenters. The van der Waals surface area contributed by atoms with Crippen LogP contribution in [0.25, 0.3) is 0 Å². The summed E-state index contributed by atoms with van der Waals surface area (Å²) in [5.41, 5.74) is 2.86. The van der Waals surface area contributed by atoms with Crippen molar-refractivity contribution in [3.05, 3.63) is 168 Å². The van der Waals surface area contributed by atoms with Crippen molar-refractivity contribution >= 4 is 23.8 Å². The Kier molecular flexibility index (Phi) is 17.1. The van der Waals surface area contributed by atoms with Crippen molar-refractivity contribution in [1.82, 2.24) is 4.90 Å². The molecule has 4 aromatic carbocycles. The van der Waals surface area contributed by atoms with Gasteiger partial charge in [-0.05, 0) is 28.8 Å². The van der Waals surface area contributed by atoms with Crippen molar-refractivity contribution in [3.8, 4) is 0 Å². The Morgan fingerprint density at radius 2 is 1.03 bits per heavy atom. The van der Waals surface area contributed by atoms with Crippen LogP contribution in [0, 0.1) is 0 Å². The monoisotopic (exact) mass is 905 g/mol. The van der Waals surface area contributed by atoms with Gasteiger partial charge in [0.25, 0.3) is 11.8 Å². The summed E-state index contributed by atoms with van der Waals surface area (Å²) < 4.78 is 64.2. The van der Waals surface area contributed by atoms with Crippen molar-refractivity contribution in [2.45, 2.75) is 95.0 Å². The highest BCUT2D eigenvalue weighted by Gasteiger charge is 2.58. The zero-order chi connectivity index (χ0) is 46.4. The van der Waals surface area contributed by atoms with Gasteiger partial charge in [-0.25, -0.2) is 0 Å². The SMILES string of the molecule is C=CCOC[C@H]1O[C@@H](O[C@H]2[C@H](OCc3ccccc3)[C@@H](N3C(=O)c4ccccc4C3=O)[C@H](OCc3ccccc3)O[C@@H]2COCc2ccccc2)[C@@H](OC(C)=O)[C@@H](OCC=C)[C@@H]1OC(C)=O. The fraction of sp³-hybridized carbons (Fsp3) is 0.373. The normalized spacial score (nSPS) is 26.1. The van der Waals surface area contributed by atoms with E-state index in [0.717, 1.165) is 21.6 Å². The third kappa shape index (κ3) is 11.9. The van der Waals surface area contributed by atoms with Gasteiger partial charge in [0.1, 0.15) is 36.6 Å². The summed E-state index contributed by atoms with van der Waals surface area (Å²) in [5, 5.41) is 0. The van der Waals surface area contributed by atoms with Gasteiger partial charge in [-0.1, -0.05) is 115 Å². The third-order valence-corrected chi connectivity index (χ3v) is 11.1. The number of amides is 2. The van der Waals surface area contributed by atoms with Crippen LogP contribution in [0.2, 0.25) is 0 Å². The molecule has 0 bridgehead atoms. The van der Waals surface area contributed by atoms with E-state index in [1.165, 1.54) is 19.9 Å². The van der Waals surface area contributed by atoms with E-state index >= 15 is 0 Å². The van der Waals surface area contributed by atoms with Gasteiger partial charge in [0.05, 0.1) is 57.4 Å². The molecular formula is C51H55NO14. The van der Waals surface area contributed by atoms with E-state index in [1.54, 1.807) is 30.3 Å². The van der Waals surface area contributed by atoms with Crippen LogP contribution in [0.3, 0.4) is 0 Å². The van der Waals surface area contributed by atoms with Gasteiger partial charge >= 0.3 is 11.9 Å². The summed E-state index contributed by atoms with van der Waals surface area (Å²) in [4.78, 5) is 55.8. The number of hydrogen-bond acceptors (Lipinski definition) is 14. The van der Waals surface area contributed by atoms with Gasteiger partial charge < -0.3 is 47.4 Å². The minimum atomic E-state index is -1.49. The highest BCUT2D eigenvalue weighted by Crippen LogP contribution is 2.39. The number of esters is 2. The van der Waals surface area contributed by atoms with Crippen molar-refractivity contribution in [2.75, 3.05) is 26.4 Å². The van der Waals surface area contributed by atoms with Crippen LogP contribution in [-0.2, 0) is 76.8 Å². The maximum Gasteiger partial charge on any atom is 0.303 e. The maximum absolute atomic E-state index is 14.6. The molecule has 0 unspecified atom stereocenters. The summed E-state index contributed by atoms with van der Waals surface area (Å²) in [6.45, 7) is 10.0. The van der Waals surface area contributed by atoms with Crippen LogP contribution in [0.5, 0.6) is 0 Å². The first-order valence-electron chi connectivity index (χ1n) is 21.8. The quantitative estimate of drug-likeness (QED) is 0.0382. The molecule has 15 heteroatoms. The first-order valence-corrected chi connectivity index (χ1v) is 21.8. The summed E-state index contributed by atoms with van der Waals surface area (Å²) in [6.07, 6.45) is -8.07. The molecule has 2 saturated heterocycles. The van der Waals surface area contributed by atoms with Crippen LogP contribution < -0.4 is 0 Å². The van der Waals surface area contributed by atoms with E-state index in [1.807, 2.05) is 91.0 Å². The maximum atomic E-state index is 14.6. The molecule has 3 heterocycles. The van der Waals surface area contributed by atoms with Crippen molar-refractivity contribution in [3.63, 3.8) is 0 Å². The highest BCUT2D eigenvalue weighted by molar-refractivity contribution is 6.21. The van der Waals surface area contributed by atoms with E-state index in [2.05, 4.69) is 13.2 Å². The Bertz CT molecular complexity index is 2210. The molecule has 66 heavy (non-hydrogen) atoms. The van der Waals surface area contributed by atoms with Gasteiger partial charge in [0.15, 0.2) is 24.8 Å². The first kappa shape index (κ1) is 48.1. The molecule has 7 rings (SSSR count). The van der Waals surface area contributed by atoms with Crippen LogP contribution in [0.15, 0.2) is 141 Å². The average molecular weight is 906 g/mol. The van der Waals surface area contributed by atoms with Crippen LogP contribution in [-0.4, -0.2) is 116 Å². The van der Waals surface area contributed by atoms with E-state index in [9.17, 15) is 19.2 Å². The zero-order valence-corrected chi connectivity index (χ0v) is 36.9. The third-order valence-electron chi connectivity index (χ3n) is 11.1. The van der Waals surface area contributed by atoms with Crippen molar-refractivity contribution in [2.24, 2.45) is 0 Å². The second-order valence-corrected chi connectivity index (χ2v) is 15.8. The molecule has 348 valence electrons. The Morgan fingerprint density at radius 3 is 1.59 bits per heavy atom. The lowest BCUT2D eigenvalue weighted by Crippen LogP contribution is -2.69. The van der Waals surface area contributed by atoms with Crippen molar-refractivity contribution in [1.29, 1.82) is 0 Å². The molecule has 15 nitrogen and oxygen atoms in total. The Labute approximate surface area is 384 Å². The molecule has 3 aliphatic heterocycles. The highest BCUT2D eigenvalue weighted by atomic mass is 16.8. The topological polar surface area (TPSA) is 164 Å². The van der Waals surface area contributed by atoms with Crippen molar-refractivity contribution < 1.29 is 66.5 Å². The number of carbonyl (C=O) groups excluding carboxylic acids is 4. The lowest BCUT2D eigenvalue weighted by atomic mass is 9.93. The number of carbonyl (C=O) groups is 4. The second-order valence-electron chi connectivity index (χ2n) is 15.8. The number of fused-ring (bicyclic) bond motifs is 1. The number of hydrogen-bond donors (Lipinski definition) is 0. The largest absolute Gasteiger partial charge is 0.457 e. The lowest BCUT2D eigenvalue weighted by Gasteiger charge is -2.51. The molecule has 0 aromatic heterocycles. The summed E-state index contributed by atoms with van der Waals surface area (Å²) in [6, 6.07) is 33.5. The molecule has 0 saturated carbocycles. The standard InChI is InChI=1S/C51H55NO14/c1-5-26-57-31-40-44(62-33(3)53)46(59-27-6-2)47(63-34(4)54)51(65-40)66-43-41(32-58-28-35-18-10-7-11-19-35)64-50(61-30-37-22-14-9-15-23-37)42(45(43)60-29-36-20-12-8-13-21-36)52-48(55)38-24-16-17-25-39(38)49(52)56/h5-25,40-47,50-51H,1-2,26-32H2,3-4H3/t40-,41-,42-,43-,44-,45-,46+,47+,50-,51+/m1/s1. The second kappa shape index (κ2) is 23.5. The molecule has 0 aliphatic carbocycles. The molecule has 0 spiro atoms. The van der Waals surface area contributed by atoms with Gasteiger partial charge in [-0.2, -0.15) is 0 Å². The van der Waals surface area contributed by atoms with E-state index in [4.69, 9.17) is 47.4 Å². The van der Waals surface area contributed by atoms with Crippen LogP contribution in [0.4, 0.5) is 0 Å². The minimum Gasteiger partial charge on any atom is -0.457 e. The Balaban J connectivity index is 1.35. The fourth-order valence-electron chi connectivity index (χ4n) is 8.22. The lowest BCUT2D eigenvalue weighted by molar-refractivity contribution is -0.360. The fourth-order valence-corrected chi connectivity index (χ4v) is 8.22. The van der Waals surface area contributed by atoms with Crippen LogP contribution in [0.1, 0.15) is 51.3 Å². The number of nitrogens with zero attached hydrogens (tertiary/aromatic N) is 1. The summed E-state index contributed by atoms with van der Waals surface area (Å²) in [5.74, 6) is -2.54. The predicted molar refractivity (Wildman–Crippen MR) is 237 cm³/mol. The molecule has 0 N–H and O–H groups in total. The number of benzene rings is 4. The minimum absolute atomic E-state index is 0.00938. The summed E-state index contributed by atoms with van der Waals surface area (Å²) >= 11 is 0. The number of ether oxygens (including phenoxy) is 10. The number of rotatable bonds is 22. The first-order chi connectivity index (χ1) is 32.2. The predicted octanol–water partition coefficient (Wildman–Crippen LogP) is 6.14. The molecular weight excluding hydrogens is 851 g/mol. The van der Waals surface area contributed by atoms with Gasteiger partial charge in [-0.3, -0.25) is 24.1 Å². The molecule has 0 radical (unpaired) electrons. The van der Waals surface area contributed by atoms with Gasteiger partial charge in [-0.15, -0.1) is 13.2 Å². The van der Waals surface area contributed by atoms with E-state index < -0.39 is 85.1 Å². The smallest absolute Gasteiger partial charge is 0.303 e.